The van der Waals surface area contributed by atoms with Crippen LogP contribution >= 0.6 is 0 Å². The number of nitrogens with zero attached hydrogens (tertiary/aromatic N) is 3. The number of hydrogen-bond donors (Lipinski definition) is 4. The zero-order valence-electron chi connectivity index (χ0n) is 30.8. The summed E-state index contributed by atoms with van der Waals surface area (Å²) >= 11 is 0. The molecule has 0 radical (unpaired) electrons. The third kappa shape index (κ3) is 10.2. The van der Waals surface area contributed by atoms with Gasteiger partial charge in [-0.25, -0.2) is 9.59 Å². The first-order chi connectivity index (χ1) is 25.6. The number of alkyl halides is 3. The van der Waals surface area contributed by atoms with Gasteiger partial charge in [-0.3, -0.25) is 9.59 Å². The van der Waals surface area contributed by atoms with E-state index in [-0.39, 0.29) is 6.04 Å². The number of carbonyl (C=O) groups excluding carboxylic acids is 2. The fourth-order valence-electron chi connectivity index (χ4n) is 6.24. The predicted molar refractivity (Wildman–Crippen MR) is 195 cm³/mol. The number of carboxylic acids is 2. The number of Topliss-reactive ketones (excluding diaryl/α,β-unsaturated/α-hetero) is 2. The molecule has 1 heterocycles. The second-order valence-electron chi connectivity index (χ2n) is 13.4. The molecule has 0 aliphatic carbocycles. The summed E-state index contributed by atoms with van der Waals surface area (Å²) in [5.41, 5.74) is -8.42. The van der Waals surface area contributed by atoms with Crippen molar-refractivity contribution in [2.24, 2.45) is 5.92 Å². The van der Waals surface area contributed by atoms with Crippen LogP contribution in [0.15, 0.2) is 84.9 Å². The third-order valence-electron chi connectivity index (χ3n) is 9.57. The number of hydrogen-bond acceptors (Lipinski definition) is 9. The molecule has 17 heteroatoms. The van der Waals surface area contributed by atoms with Crippen LogP contribution in [0.5, 0.6) is 0 Å². The average Bonchev–Trinajstić information content (AvgIpc) is 3.16. The van der Waals surface area contributed by atoms with Crippen LogP contribution in [0.2, 0.25) is 0 Å². The standard InChI is InChI=1S/C20H32F3N3O2S.C18H14O8/c1-5-25(15-18-10-12-26(13-11-18)29(27,28)24(3)4)16(2)14-17-6-8-19(9-7-17)20(21,22)23;19-13(11-7-3-1-4-8-11)17(25,15(21)22)18(26,16(23)24)14(20)12-9-5-2-6-10-12/h6-9,16,18H,5,10-15H2,1-4H3;1-10,25-26H,(H,21,22)(H,23,24). The maximum Gasteiger partial charge on any atom is 0.416 e. The van der Waals surface area contributed by atoms with Crippen LogP contribution in [-0.2, 0) is 32.4 Å². The quantitative estimate of drug-likeness (QED) is 0.129. The van der Waals surface area contributed by atoms with Gasteiger partial charge in [-0.15, -0.1) is 0 Å². The van der Waals surface area contributed by atoms with Crippen molar-refractivity contribution in [3.63, 3.8) is 0 Å². The van der Waals surface area contributed by atoms with Crippen LogP contribution < -0.4 is 0 Å². The Morgan fingerprint density at radius 3 is 1.55 bits per heavy atom. The Balaban J connectivity index is 0.000000297. The molecule has 300 valence electrons. The Hall–Kier alpha value is -4.52. The van der Waals surface area contributed by atoms with E-state index in [0.29, 0.717) is 25.4 Å². The lowest BCUT2D eigenvalue weighted by Gasteiger charge is -2.37. The van der Waals surface area contributed by atoms with E-state index in [1.54, 1.807) is 26.2 Å². The number of likely N-dealkylation sites (N-methyl/N-ethyl adjacent to an activating group) is 1. The van der Waals surface area contributed by atoms with Gasteiger partial charge >= 0.3 is 18.1 Å². The van der Waals surface area contributed by atoms with Crippen molar-refractivity contribution in [1.29, 1.82) is 0 Å². The van der Waals surface area contributed by atoms with E-state index in [1.165, 1.54) is 45.0 Å². The van der Waals surface area contributed by atoms with Gasteiger partial charge in [0.05, 0.1) is 5.56 Å². The number of piperidine rings is 1. The average molecular weight is 794 g/mol. The number of aliphatic hydroxyl groups is 2. The third-order valence-corrected chi connectivity index (χ3v) is 11.5. The fourth-order valence-corrected chi connectivity index (χ4v) is 7.37. The van der Waals surface area contributed by atoms with Crippen LogP contribution in [0.3, 0.4) is 0 Å². The summed E-state index contributed by atoms with van der Waals surface area (Å²) in [4.78, 5) is 50.9. The van der Waals surface area contributed by atoms with Crippen LogP contribution in [0.1, 0.15) is 58.5 Å². The largest absolute Gasteiger partial charge is 0.479 e. The van der Waals surface area contributed by atoms with Crippen LogP contribution in [0, 0.1) is 5.92 Å². The summed E-state index contributed by atoms with van der Waals surface area (Å²) in [6.45, 7) is 6.93. The molecule has 0 amide bonds. The molecule has 3 unspecified atom stereocenters. The van der Waals surface area contributed by atoms with E-state index in [4.69, 9.17) is 0 Å². The van der Waals surface area contributed by atoms with Crippen molar-refractivity contribution < 1.29 is 61.2 Å². The lowest BCUT2D eigenvalue weighted by molar-refractivity contribution is -0.187. The summed E-state index contributed by atoms with van der Waals surface area (Å²) in [5.74, 6) is -7.61. The maximum absolute atomic E-state index is 12.7. The van der Waals surface area contributed by atoms with Crippen molar-refractivity contribution in [2.75, 3.05) is 40.3 Å². The second kappa shape index (κ2) is 18.4. The molecule has 3 aromatic rings. The number of rotatable bonds is 15. The zero-order valence-corrected chi connectivity index (χ0v) is 31.6. The van der Waals surface area contributed by atoms with Crippen molar-refractivity contribution in [2.45, 2.75) is 56.5 Å². The van der Waals surface area contributed by atoms with E-state index >= 15 is 0 Å². The molecular formula is C38H46F3N3O10S. The fraction of sp³-hybridized carbons (Fsp3) is 0.421. The van der Waals surface area contributed by atoms with Gasteiger partial charge < -0.3 is 25.3 Å². The summed E-state index contributed by atoms with van der Waals surface area (Å²) in [6, 6.07) is 18.4. The second-order valence-corrected chi connectivity index (χ2v) is 15.5. The van der Waals surface area contributed by atoms with Gasteiger partial charge in [-0.1, -0.05) is 79.7 Å². The van der Waals surface area contributed by atoms with Crippen LogP contribution in [0.4, 0.5) is 13.2 Å². The van der Waals surface area contributed by atoms with Gasteiger partial charge in [0.1, 0.15) is 0 Å². The minimum atomic E-state index is -4.31. The SMILES string of the molecule is CCN(CC1CCN(S(=O)(=O)N(C)C)CC1)C(C)Cc1ccc(C(F)(F)F)cc1.O=C(O)C(O)(C(=O)c1ccccc1)C(O)(C(=O)O)C(=O)c1ccccc1. The molecule has 3 aromatic carbocycles. The highest BCUT2D eigenvalue weighted by atomic mass is 32.2. The van der Waals surface area contributed by atoms with Crippen molar-refractivity contribution >= 4 is 33.7 Å². The summed E-state index contributed by atoms with van der Waals surface area (Å²) in [6.07, 6.45) is -2.00. The van der Waals surface area contributed by atoms with E-state index in [1.807, 2.05) is 0 Å². The lowest BCUT2D eigenvalue weighted by atomic mass is 9.73. The number of carbonyl (C=O) groups is 4. The first-order valence-electron chi connectivity index (χ1n) is 17.3. The first-order valence-corrected chi connectivity index (χ1v) is 18.7. The molecule has 0 saturated carbocycles. The molecule has 13 nitrogen and oxygen atoms in total. The summed E-state index contributed by atoms with van der Waals surface area (Å²) < 4.78 is 65.4. The molecule has 4 N–H and O–H groups in total. The topological polar surface area (TPSA) is 193 Å². The molecule has 55 heavy (non-hydrogen) atoms. The van der Waals surface area contributed by atoms with Crippen molar-refractivity contribution in [1.82, 2.24) is 13.5 Å². The summed E-state index contributed by atoms with van der Waals surface area (Å²) in [5, 5.41) is 39.9. The van der Waals surface area contributed by atoms with Gasteiger partial charge in [-0.05, 0) is 56.3 Å². The van der Waals surface area contributed by atoms with E-state index in [2.05, 4.69) is 18.7 Å². The van der Waals surface area contributed by atoms with Gasteiger partial charge in [0, 0.05) is 50.9 Å². The Morgan fingerprint density at radius 1 is 0.782 bits per heavy atom. The molecule has 4 rings (SSSR count). The van der Waals surface area contributed by atoms with Gasteiger partial charge in [0.25, 0.3) is 21.4 Å². The van der Waals surface area contributed by atoms with Gasteiger partial charge in [0.15, 0.2) is 0 Å². The minimum Gasteiger partial charge on any atom is -0.479 e. The van der Waals surface area contributed by atoms with Crippen molar-refractivity contribution in [3.8, 4) is 0 Å². The molecule has 0 spiro atoms. The lowest BCUT2D eigenvalue weighted by Crippen LogP contribution is -2.71. The molecule has 3 atom stereocenters. The number of halogens is 3. The highest BCUT2D eigenvalue weighted by molar-refractivity contribution is 7.86. The van der Waals surface area contributed by atoms with Crippen molar-refractivity contribution in [3.05, 3.63) is 107 Å². The molecule has 1 fully saturated rings. The van der Waals surface area contributed by atoms with E-state index in [0.717, 1.165) is 67.9 Å². The Bertz CT molecular complexity index is 1820. The molecule has 1 saturated heterocycles. The molecule has 0 aromatic heterocycles. The van der Waals surface area contributed by atoms with E-state index < -0.39 is 67.8 Å². The van der Waals surface area contributed by atoms with Gasteiger partial charge in [0.2, 0.25) is 11.6 Å². The maximum atomic E-state index is 12.7. The van der Waals surface area contributed by atoms with Gasteiger partial charge in [-0.2, -0.15) is 30.2 Å². The monoisotopic (exact) mass is 793 g/mol. The smallest absolute Gasteiger partial charge is 0.416 e. The number of benzene rings is 3. The van der Waals surface area contributed by atoms with Crippen LogP contribution in [0.25, 0.3) is 0 Å². The Labute approximate surface area is 317 Å². The molecular weight excluding hydrogens is 747 g/mol. The minimum absolute atomic E-state index is 0.195. The number of carboxylic acid groups (broad SMARTS) is 2. The Morgan fingerprint density at radius 2 is 1.20 bits per heavy atom. The normalized spacial score (nSPS) is 17.0. The Kier molecular flexibility index (Phi) is 15.0. The zero-order chi connectivity index (χ0) is 41.4. The number of aliphatic carboxylic acids is 2. The molecule has 1 aliphatic heterocycles. The predicted octanol–water partition coefficient (Wildman–Crippen LogP) is 3.86. The summed E-state index contributed by atoms with van der Waals surface area (Å²) in [7, 11) is -0.266. The first kappa shape index (κ1) is 44.9. The highest BCUT2D eigenvalue weighted by Gasteiger charge is 2.69. The molecule has 0 bridgehead atoms. The van der Waals surface area contributed by atoms with E-state index in [9.17, 15) is 61.2 Å². The highest BCUT2D eigenvalue weighted by Crippen LogP contribution is 2.32. The number of ketones is 2. The molecule has 1 aliphatic rings. The van der Waals surface area contributed by atoms with Crippen LogP contribution in [-0.4, -0.2) is 123 Å².